The lowest BCUT2D eigenvalue weighted by Crippen LogP contribution is -2.56. The summed E-state index contributed by atoms with van der Waals surface area (Å²) in [6.45, 7) is 4.82. The van der Waals surface area contributed by atoms with E-state index in [-0.39, 0.29) is 70.7 Å². The molecule has 2 aliphatic rings. The average Bonchev–Trinajstić information content (AvgIpc) is 3.97. The number of carboxylic acids is 1. The zero-order chi connectivity index (χ0) is 45.4. The van der Waals surface area contributed by atoms with Crippen molar-refractivity contribution in [1.29, 1.82) is 0 Å². The van der Waals surface area contributed by atoms with E-state index in [0.717, 1.165) is 5.56 Å². The number of benzene rings is 2. The van der Waals surface area contributed by atoms with Gasteiger partial charge in [0.25, 0.3) is 5.91 Å². The number of hydrogen-bond acceptors (Lipinski definition) is 11. The zero-order valence-electron chi connectivity index (χ0n) is 35.2. The lowest BCUT2D eigenvalue weighted by molar-refractivity contribution is -0.149. The topological polar surface area (TPSA) is 282 Å². The van der Waals surface area contributed by atoms with Gasteiger partial charge >= 0.3 is 12.1 Å². The number of nitrogens with one attached hydrogen (secondary N) is 5. The first-order valence-corrected chi connectivity index (χ1v) is 20.7. The normalized spacial score (nSPS) is 17.7. The number of carbonyl (C=O) groups is 9. The predicted octanol–water partition coefficient (Wildman–Crippen LogP) is 0.998. The number of nitrogens with two attached hydrogens (primary N) is 1. The summed E-state index contributed by atoms with van der Waals surface area (Å²) in [6.07, 6.45) is -0.664. The number of nitrogens with zero attached hydrogens (tertiary/aromatic N) is 1. The van der Waals surface area contributed by atoms with E-state index in [9.17, 15) is 48.3 Å². The number of amides is 7. The molecule has 336 valence electrons. The second kappa shape index (κ2) is 23.0. The lowest BCUT2D eigenvalue weighted by atomic mass is 10.0. The molecule has 0 radical (unpaired) electrons. The van der Waals surface area contributed by atoms with Gasteiger partial charge in [-0.1, -0.05) is 87.9 Å². The number of Topliss-reactive ketones (excluding diaryl/α,β-unsaturated/α-hetero) is 1. The van der Waals surface area contributed by atoms with Crippen molar-refractivity contribution >= 4 is 53.3 Å². The number of carboxylic acid groups (broad SMARTS) is 1. The van der Waals surface area contributed by atoms with Crippen molar-refractivity contribution < 1.29 is 57.7 Å². The Hall–Kier alpha value is -6.37. The van der Waals surface area contributed by atoms with Crippen LogP contribution in [0.4, 0.5) is 4.79 Å². The lowest BCUT2D eigenvalue weighted by Gasteiger charge is -2.29. The third kappa shape index (κ3) is 13.8. The fourth-order valence-electron chi connectivity index (χ4n) is 6.83. The van der Waals surface area contributed by atoms with Crippen LogP contribution >= 0.6 is 0 Å². The number of alkyl carbamates (subject to hydrolysis) is 1. The van der Waals surface area contributed by atoms with Crippen molar-refractivity contribution in [3.05, 3.63) is 71.8 Å². The van der Waals surface area contributed by atoms with E-state index in [1.165, 1.54) is 4.90 Å². The fraction of sp³-hybridized carbons (Fsp3) is 0.512. The summed E-state index contributed by atoms with van der Waals surface area (Å²) in [6, 6.07) is 12.3. The number of hydrogen-bond donors (Lipinski definition) is 7. The van der Waals surface area contributed by atoms with Gasteiger partial charge in [-0.3, -0.25) is 38.4 Å². The molecule has 19 heteroatoms. The molecule has 7 amide bonds. The van der Waals surface area contributed by atoms with Crippen molar-refractivity contribution in [1.82, 2.24) is 31.5 Å². The molecule has 1 saturated carbocycles. The van der Waals surface area contributed by atoms with E-state index in [4.69, 9.17) is 15.2 Å². The van der Waals surface area contributed by atoms with E-state index >= 15 is 0 Å². The number of ketones is 1. The maximum Gasteiger partial charge on any atom is 0.407 e. The SMILES string of the molecule is CCCC(NC(=O)C1CC(OCc2ccccc2)CN1C(=O)C(CCCNC(=O)C1(C(=O)O)CC1)NC(=O)OCC(C)C)C(=O)C(=O)NCC(=O)NC(C(N)=O)c1ccccc1. The molecule has 1 heterocycles. The highest BCUT2D eigenvalue weighted by molar-refractivity contribution is 6.38. The van der Waals surface area contributed by atoms with Crippen molar-refractivity contribution in [2.45, 2.75) is 103 Å². The Kier molecular flexibility index (Phi) is 17.9. The maximum atomic E-state index is 14.4. The summed E-state index contributed by atoms with van der Waals surface area (Å²) in [5.41, 5.74) is 5.25. The molecule has 8 N–H and O–H groups in total. The summed E-state index contributed by atoms with van der Waals surface area (Å²) >= 11 is 0. The Labute approximate surface area is 359 Å². The van der Waals surface area contributed by atoms with Crippen LogP contribution in [0.15, 0.2) is 60.7 Å². The molecule has 1 aliphatic heterocycles. The van der Waals surface area contributed by atoms with Crippen LogP contribution < -0.4 is 32.3 Å². The van der Waals surface area contributed by atoms with Gasteiger partial charge in [0, 0.05) is 19.5 Å². The Balaban J connectivity index is 1.48. The second-order valence-corrected chi connectivity index (χ2v) is 15.8. The number of carbonyl (C=O) groups excluding carboxylic acids is 8. The van der Waals surface area contributed by atoms with Crippen LogP contribution in [0.2, 0.25) is 0 Å². The highest BCUT2D eigenvalue weighted by Crippen LogP contribution is 2.46. The van der Waals surface area contributed by atoms with Gasteiger partial charge in [0.1, 0.15) is 23.5 Å². The molecule has 0 aromatic heterocycles. The highest BCUT2D eigenvalue weighted by atomic mass is 16.5. The van der Waals surface area contributed by atoms with Crippen LogP contribution in [0, 0.1) is 11.3 Å². The van der Waals surface area contributed by atoms with Crippen molar-refractivity contribution in [3.8, 4) is 0 Å². The molecule has 5 atom stereocenters. The Morgan fingerprint density at radius 2 is 1.53 bits per heavy atom. The van der Waals surface area contributed by atoms with Crippen LogP contribution in [0.25, 0.3) is 0 Å². The minimum absolute atomic E-state index is 0.00360. The minimum Gasteiger partial charge on any atom is -0.480 e. The Morgan fingerprint density at radius 1 is 0.871 bits per heavy atom. The van der Waals surface area contributed by atoms with Crippen LogP contribution in [-0.4, -0.2) is 114 Å². The fourth-order valence-corrected chi connectivity index (χ4v) is 6.83. The molecule has 1 saturated heterocycles. The minimum atomic E-state index is -1.47. The second-order valence-electron chi connectivity index (χ2n) is 15.8. The van der Waals surface area contributed by atoms with Gasteiger partial charge in [-0.05, 0) is 49.1 Å². The van der Waals surface area contributed by atoms with Gasteiger partial charge in [0.05, 0.1) is 31.9 Å². The molecule has 5 unspecified atom stereocenters. The average molecular weight is 864 g/mol. The quantitative estimate of drug-likeness (QED) is 0.0442. The summed E-state index contributed by atoms with van der Waals surface area (Å²) in [4.78, 5) is 118. The molecule has 2 fully saturated rings. The van der Waals surface area contributed by atoms with E-state index < -0.39 is 95.5 Å². The van der Waals surface area contributed by atoms with Gasteiger partial charge in [-0.2, -0.15) is 0 Å². The standard InChI is InChI=1S/C43H57N7O12/c1-4-12-30(35(52)38(55)46-22-33(51)49-34(36(44)53)28-15-9-6-10-16-28)47-37(54)32-21-29(61-25-27-13-7-5-8-14-27)23-50(32)39(56)31(48-42(60)62-24-26(2)3)17-11-20-45-40(57)43(18-19-43)41(58)59/h5-10,13-16,26,29-32,34H,4,11-12,17-25H2,1-3H3,(H2,44,53)(H,45,57)(H,46,55)(H,47,54)(H,48,60)(H,49,51)(H,58,59). The van der Waals surface area contributed by atoms with Gasteiger partial charge in [0.2, 0.25) is 35.3 Å². The van der Waals surface area contributed by atoms with Crippen molar-refractivity contribution in [2.24, 2.45) is 17.1 Å². The molecular formula is C43H57N7O12. The summed E-state index contributed by atoms with van der Waals surface area (Å²) in [5, 5.41) is 21.9. The number of rotatable bonds is 24. The maximum absolute atomic E-state index is 14.4. The van der Waals surface area contributed by atoms with Crippen molar-refractivity contribution in [2.75, 3.05) is 26.2 Å². The summed E-state index contributed by atoms with van der Waals surface area (Å²) in [5.74, 6) is -7.20. The third-order valence-electron chi connectivity index (χ3n) is 10.4. The first-order chi connectivity index (χ1) is 29.6. The Morgan fingerprint density at radius 3 is 2.13 bits per heavy atom. The molecule has 0 bridgehead atoms. The molecule has 0 spiro atoms. The highest BCUT2D eigenvalue weighted by Gasteiger charge is 2.57. The van der Waals surface area contributed by atoms with Crippen LogP contribution in [0.5, 0.6) is 0 Å². The molecule has 1 aliphatic carbocycles. The van der Waals surface area contributed by atoms with Gasteiger partial charge in [-0.15, -0.1) is 0 Å². The van der Waals surface area contributed by atoms with Gasteiger partial charge in [-0.25, -0.2) is 4.79 Å². The van der Waals surface area contributed by atoms with Gasteiger partial charge < -0.3 is 51.8 Å². The zero-order valence-corrected chi connectivity index (χ0v) is 35.2. The monoisotopic (exact) mass is 863 g/mol. The smallest absolute Gasteiger partial charge is 0.407 e. The van der Waals surface area contributed by atoms with Crippen molar-refractivity contribution in [3.63, 3.8) is 0 Å². The van der Waals surface area contributed by atoms with E-state index in [1.807, 2.05) is 44.2 Å². The third-order valence-corrected chi connectivity index (χ3v) is 10.4. The number of ether oxygens (including phenoxy) is 2. The molecule has 2 aromatic rings. The van der Waals surface area contributed by atoms with E-state index in [0.29, 0.717) is 12.0 Å². The molecule has 2 aromatic carbocycles. The summed E-state index contributed by atoms with van der Waals surface area (Å²) in [7, 11) is 0. The van der Waals surface area contributed by atoms with E-state index in [1.54, 1.807) is 37.3 Å². The number of aliphatic carboxylic acids is 1. The Bertz CT molecular complexity index is 1930. The van der Waals surface area contributed by atoms with Crippen LogP contribution in [0.3, 0.4) is 0 Å². The van der Waals surface area contributed by atoms with Crippen LogP contribution in [-0.2, 0) is 54.4 Å². The van der Waals surface area contributed by atoms with E-state index in [2.05, 4.69) is 26.6 Å². The van der Waals surface area contributed by atoms with Gasteiger partial charge in [0.15, 0.2) is 0 Å². The molecule has 4 rings (SSSR count). The number of likely N-dealkylation sites (tertiary alicyclic amines) is 1. The number of primary amides is 1. The first-order valence-electron chi connectivity index (χ1n) is 20.7. The first kappa shape index (κ1) is 48.3. The molecule has 19 nitrogen and oxygen atoms in total. The van der Waals surface area contributed by atoms with Crippen LogP contribution in [0.1, 0.15) is 82.9 Å². The molecule has 62 heavy (non-hydrogen) atoms. The predicted molar refractivity (Wildman–Crippen MR) is 221 cm³/mol. The molecular weight excluding hydrogens is 807 g/mol. The largest absolute Gasteiger partial charge is 0.480 e. The summed E-state index contributed by atoms with van der Waals surface area (Å²) < 4.78 is 11.4.